The highest BCUT2D eigenvalue weighted by Gasteiger charge is 2.11. The SMILES string of the molecule is CCC(CO)NC(C)c1ccn[nH]1. The molecule has 0 spiro atoms. The molecular weight excluding hydrogens is 166 g/mol. The highest BCUT2D eigenvalue weighted by atomic mass is 16.3. The fourth-order valence-corrected chi connectivity index (χ4v) is 1.25. The average Bonchev–Trinajstić information content (AvgIpc) is 2.66. The van der Waals surface area contributed by atoms with Crippen LogP contribution in [-0.4, -0.2) is 28.0 Å². The summed E-state index contributed by atoms with van der Waals surface area (Å²) in [6.07, 6.45) is 2.66. The van der Waals surface area contributed by atoms with Crippen LogP contribution in [0.25, 0.3) is 0 Å². The molecule has 1 rings (SSSR count). The van der Waals surface area contributed by atoms with E-state index in [1.54, 1.807) is 6.20 Å². The van der Waals surface area contributed by atoms with Gasteiger partial charge in [-0.05, 0) is 19.4 Å². The van der Waals surface area contributed by atoms with E-state index in [0.717, 1.165) is 12.1 Å². The summed E-state index contributed by atoms with van der Waals surface area (Å²) in [5.41, 5.74) is 1.05. The van der Waals surface area contributed by atoms with Crippen LogP contribution in [0.5, 0.6) is 0 Å². The van der Waals surface area contributed by atoms with Crippen LogP contribution in [0.4, 0.5) is 0 Å². The van der Waals surface area contributed by atoms with Gasteiger partial charge in [-0.15, -0.1) is 0 Å². The van der Waals surface area contributed by atoms with Crippen molar-refractivity contribution in [1.29, 1.82) is 0 Å². The fraction of sp³-hybridized carbons (Fsp3) is 0.667. The Morgan fingerprint density at radius 3 is 2.92 bits per heavy atom. The van der Waals surface area contributed by atoms with Crippen molar-refractivity contribution in [3.05, 3.63) is 18.0 Å². The molecule has 74 valence electrons. The van der Waals surface area contributed by atoms with E-state index in [0.29, 0.717) is 0 Å². The third kappa shape index (κ3) is 2.82. The number of nitrogens with zero attached hydrogens (tertiary/aromatic N) is 1. The molecule has 0 fully saturated rings. The maximum absolute atomic E-state index is 8.98. The van der Waals surface area contributed by atoms with Crippen molar-refractivity contribution < 1.29 is 5.11 Å². The Balaban J connectivity index is 2.45. The third-order valence-corrected chi connectivity index (χ3v) is 2.19. The summed E-state index contributed by atoms with van der Waals surface area (Å²) in [7, 11) is 0. The molecule has 0 aliphatic heterocycles. The Bertz CT molecular complexity index is 219. The molecule has 3 N–H and O–H groups in total. The van der Waals surface area contributed by atoms with Crippen LogP contribution in [0.15, 0.2) is 12.3 Å². The predicted molar refractivity (Wildman–Crippen MR) is 51.3 cm³/mol. The zero-order valence-electron chi connectivity index (χ0n) is 8.12. The minimum atomic E-state index is 0.165. The van der Waals surface area contributed by atoms with Crippen molar-refractivity contribution in [3.8, 4) is 0 Å². The standard InChI is InChI=1S/C9H17N3O/c1-3-8(6-13)11-7(2)9-4-5-10-12-9/h4-5,7-8,11,13H,3,6H2,1-2H3,(H,10,12). The first-order valence-corrected chi connectivity index (χ1v) is 4.64. The van der Waals surface area contributed by atoms with E-state index in [4.69, 9.17) is 5.11 Å². The highest BCUT2D eigenvalue weighted by molar-refractivity contribution is 5.03. The van der Waals surface area contributed by atoms with Crippen molar-refractivity contribution in [3.63, 3.8) is 0 Å². The second-order valence-electron chi connectivity index (χ2n) is 3.19. The van der Waals surface area contributed by atoms with Gasteiger partial charge in [0, 0.05) is 18.3 Å². The van der Waals surface area contributed by atoms with Gasteiger partial charge >= 0.3 is 0 Å². The molecule has 0 aromatic carbocycles. The summed E-state index contributed by atoms with van der Waals surface area (Å²) in [6.45, 7) is 4.27. The number of aliphatic hydroxyl groups excluding tert-OH is 1. The van der Waals surface area contributed by atoms with Gasteiger partial charge in [0.25, 0.3) is 0 Å². The van der Waals surface area contributed by atoms with Gasteiger partial charge in [-0.3, -0.25) is 5.10 Å². The zero-order chi connectivity index (χ0) is 9.68. The van der Waals surface area contributed by atoms with Gasteiger partial charge in [0.1, 0.15) is 0 Å². The molecule has 2 atom stereocenters. The van der Waals surface area contributed by atoms with Crippen LogP contribution in [0, 0.1) is 0 Å². The van der Waals surface area contributed by atoms with Gasteiger partial charge < -0.3 is 10.4 Å². The summed E-state index contributed by atoms with van der Waals surface area (Å²) >= 11 is 0. The van der Waals surface area contributed by atoms with Gasteiger partial charge in [0.2, 0.25) is 0 Å². The first kappa shape index (κ1) is 10.2. The molecule has 0 amide bonds. The van der Waals surface area contributed by atoms with Crippen LogP contribution >= 0.6 is 0 Å². The van der Waals surface area contributed by atoms with E-state index in [-0.39, 0.29) is 18.7 Å². The predicted octanol–water partition coefficient (Wildman–Crippen LogP) is 0.831. The second-order valence-corrected chi connectivity index (χ2v) is 3.19. The van der Waals surface area contributed by atoms with E-state index in [9.17, 15) is 0 Å². The van der Waals surface area contributed by atoms with Crippen LogP contribution in [0.1, 0.15) is 32.0 Å². The molecule has 1 heterocycles. The first-order chi connectivity index (χ1) is 6.27. The number of hydrogen-bond donors (Lipinski definition) is 3. The zero-order valence-corrected chi connectivity index (χ0v) is 8.12. The van der Waals surface area contributed by atoms with Gasteiger partial charge in [-0.2, -0.15) is 5.10 Å². The summed E-state index contributed by atoms with van der Waals surface area (Å²) in [4.78, 5) is 0. The Kier molecular flexibility index (Phi) is 3.92. The molecule has 0 radical (unpaired) electrons. The lowest BCUT2D eigenvalue weighted by atomic mass is 10.2. The highest BCUT2D eigenvalue weighted by Crippen LogP contribution is 2.09. The molecule has 2 unspecified atom stereocenters. The van der Waals surface area contributed by atoms with Gasteiger partial charge in [-0.25, -0.2) is 0 Å². The minimum Gasteiger partial charge on any atom is -0.395 e. The Hall–Kier alpha value is -0.870. The molecule has 4 heteroatoms. The van der Waals surface area contributed by atoms with Crippen molar-refractivity contribution in [1.82, 2.24) is 15.5 Å². The van der Waals surface area contributed by atoms with Crippen molar-refractivity contribution in [2.75, 3.05) is 6.61 Å². The molecule has 0 saturated heterocycles. The lowest BCUT2D eigenvalue weighted by Gasteiger charge is -2.19. The van der Waals surface area contributed by atoms with Gasteiger partial charge in [0.15, 0.2) is 0 Å². The monoisotopic (exact) mass is 183 g/mol. The van der Waals surface area contributed by atoms with Crippen molar-refractivity contribution >= 4 is 0 Å². The number of nitrogens with one attached hydrogen (secondary N) is 2. The van der Waals surface area contributed by atoms with Crippen LogP contribution < -0.4 is 5.32 Å². The van der Waals surface area contributed by atoms with E-state index in [1.807, 2.05) is 19.9 Å². The van der Waals surface area contributed by atoms with Crippen molar-refractivity contribution in [2.45, 2.75) is 32.4 Å². The summed E-state index contributed by atoms with van der Waals surface area (Å²) in [5.74, 6) is 0. The lowest BCUT2D eigenvalue weighted by molar-refractivity contribution is 0.229. The maximum atomic E-state index is 8.98. The average molecular weight is 183 g/mol. The van der Waals surface area contributed by atoms with Crippen LogP contribution in [0.2, 0.25) is 0 Å². The van der Waals surface area contributed by atoms with Gasteiger partial charge in [-0.1, -0.05) is 6.92 Å². The molecule has 0 aliphatic rings. The Morgan fingerprint density at radius 1 is 1.69 bits per heavy atom. The van der Waals surface area contributed by atoms with E-state index < -0.39 is 0 Å². The molecule has 0 saturated carbocycles. The van der Waals surface area contributed by atoms with E-state index in [2.05, 4.69) is 15.5 Å². The fourth-order valence-electron chi connectivity index (χ4n) is 1.25. The van der Waals surface area contributed by atoms with Crippen LogP contribution in [0.3, 0.4) is 0 Å². The molecular formula is C9H17N3O. The quantitative estimate of drug-likeness (QED) is 0.633. The largest absolute Gasteiger partial charge is 0.395 e. The number of aliphatic hydroxyl groups is 1. The number of H-pyrrole nitrogens is 1. The third-order valence-electron chi connectivity index (χ3n) is 2.19. The number of aromatic nitrogens is 2. The lowest BCUT2D eigenvalue weighted by Crippen LogP contribution is -2.34. The molecule has 1 aromatic heterocycles. The number of hydrogen-bond acceptors (Lipinski definition) is 3. The molecule has 1 aromatic rings. The van der Waals surface area contributed by atoms with Gasteiger partial charge in [0.05, 0.1) is 12.3 Å². The summed E-state index contributed by atoms with van der Waals surface area (Å²) in [6, 6.07) is 2.31. The normalized spacial score (nSPS) is 15.6. The Labute approximate surface area is 78.4 Å². The number of aromatic amines is 1. The van der Waals surface area contributed by atoms with E-state index in [1.165, 1.54) is 0 Å². The van der Waals surface area contributed by atoms with E-state index >= 15 is 0 Å². The van der Waals surface area contributed by atoms with Crippen LogP contribution in [-0.2, 0) is 0 Å². The summed E-state index contributed by atoms with van der Waals surface area (Å²) in [5, 5.41) is 19.1. The minimum absolute atomic E-state index is 0.165. The molecule has 0 bridgehead atoms. The topological polar surface area (TPSA) is 60.9 Å². The van der Waals surface area contributed by atoms with Crippen molar-refractivity contribution in [2.24, 2.45) is 0 Å². The first-order valence-electron chi connectivity index (χ1n) is 4.64. The Morgan fingerprint density at radius 2 is 2.46 bits per heavy atom. The number of rotatable bonds is 5. The summed E-state index contributed by atoms with van der Waals surface area (Å²) < 4.78 is 0. The molecule has 4 nitrogen and oxygen atoms in total. The maximum Gasteiger partial charge on any atom is 0.0584 e. The second kappa shape index (κ2) is 4.99. The smallest absolute Gasteiger partial charge is 0.0584 e. The molecule has 13 heavy (non-hydrogen) atoms. The molecule has 0 aliphatic carbocycles.